The summed E-state index contributed by atoms with van der Waals surface area (Å²) in [5.74, 6) is 3.14. The smallest absolute Gasteiger partial charge is 0.0411 e. The maximum atomic E-state index is 2.40. The molecule has 0 aromatic rings. The fourth-order valence-electron chi connectivity index (χ4n) is 2.34. The molecular formula is C14H28. The van der Waals surface area contributed by atoms with Crippen molar-refractivity contribution in [3.63, 3.8) is 0 Å². The molecule has 0 spiro atoms. The summed E-state index contributed by atoms with van der Waals surface area (Å²) in [5.41, 5.74) is 0. The third-order valence-electron chi connectivity index (χ3n) is 3.83. The van der Waals surface area contributed by atoms with Crippen molar-refractivity contribution in [3.05, 3.63) is 0 Å². The van der Waals surface area contributed by atoms with Gasteiger partial charge in [-0.3, -0.25) is 0 Å². The predicted molar refractivity (Wildman–Crippen MR) is 64.4 cm³/mol. The molecule has 0 heterocycles. The monoisotopic (exact) mass is 196 g/mol. The van der Waals surface area contributed by atoms with E-state index in [4.69, 9.17) is 0 Å². The Morgan fingerprint density at radius 3 is 2.29 bits per heavy atom. The van der Waals surface area contributed by atoms with Crippen molar-refractivity contribution < 1.29 is 0 Å². The summed E-state index contributed by atoms with van der Waals surface area (Å²) in [6.07, 6.45) is 11.8. The summed E-state index contributed by atoms with van der Waals surface area (Å²) in [5, 5.41) is 0. The van der Waals surface area contributed by atoms with Gasteiger partial charge in [0.15, 0.2) is 0 Å². The van der Waals surface area contributed by atoms with Crippen molar-refractivity contribution in [2.24, 2.45) is 17.8 Å². The van der Waals surface area contributed by atoms with Gasteiger partial charge in [-0.2, -0.15) is 0 Å². The first-order valence-electron chi connectivity index (χ1n) is 6.76. The Morgan fingerprint density at radius 1 is 1.07 bits per heavy atom. The van der Waals surface area contributed by atoms with Crippen molar-refractivity contribution in [3.8, 4) is 0 Å². The highest BCUT2D eigenvalue weighted by atomic mass is 14.3. The first-order chi connectivity index (χ1) is 6.76. The minimum Gasteiger partial charge on any atom is -0.0654 e. The number of rotatable bonds is 8. The molecule has 1 aliphatic carbocycles. The molecule has 84 valence electrons. The summed E-state index contributed by atoms with van der Waals surface area (Å²) >= 11 is 0. The molecule has 0 aromatic carbocycles. The molecule has 1 aliphatic rings. The van der Waals surface area contributed by atoms with E-state index in [1.54, 1.807) is 6.42 Å². The van der Waals surface area contributed by atoms with Crippen LogP contribution in [-0.4, -0.2) is 0 Å². The largest absolute Gasteiger partial charge is 0.0654 e. The topological polar surface area (TPSA) is 0 Å². The average molecular weight is 196 g/mol. The van der Waals surface area contributed by atoms with E-state index in [1.807, 2.05) is 0 Å². The highest BCUT2D eigenvalue weighted by Gasteiger charge is 2.24. The average Bonchev–Trinajstić information content (AvgIpc) is 2.98. The lowest BCUT2D eigenvalue weighted by Gasteiger charge is -2.17. The van der Waals surface area contributed by atoms with Gasteiger partial charge in [-0.1, -0.05) is 65.7 Å². The predicted octanol–water partition coefficient (Wildman–Crippen LogP) is 5.03. The van der Waals surface area contributed by atoms with Crippen molar-refractivity contribution in [1.29, 1.82) is 0 Å². The molecule has 0 bridgehead atoms. The zero-order valence-electron chi connectivity index (χ0n) is 10.4. The molecule has 0 N–H and O–H groups in total. The molecule has 2 atom stereocenters. The molecule has 1 saturated carbocycles. The molecule has 0 aliphatic heterocycles. The summed E-state index contributed by atoms with van der Waals surface area (Å²) in [6.45, 7) is 7.06. The van der Waals surface area contributed by atoms with Crippen LogP contribution in [0.3, 0.4) is 0 Å². The van der Waals surface area contributed by atoms with Gasteiger partial charge >= 0.3 is 0 Å². The summed E-state index contributed by atoms with van der Waals surface area (Å²) in [7, 11) is 0. The summed E-state index contributed by atoms with van der Waals surface area (Å²) in [6, 6.07) is 0. The van der Waals surface area contributed by atoms with Crippen LogP contribution in [0.1, 0.15) is 72.1 Å². The van der Waals surface area contributed by atoms with Crippen molar-refractivity contribution in [2.75, 3.05) is 0 Å². The molecule has 0 saturated heterocycles. The fraction of sp³-hybridized carbons (Fsp3) is 1.00. The quantitative estimate of drug-likeness (QED) is 0.511. The van der Waals surface area contributed by atoms with Crippen LogP contribution in [0.15, 0.2) is 0 Å². The first-order valence-corrected chi connectivity index (χ1v) is 6.76. The lowest BCUT2D eigenvalue weighted by Crippen LogP contribution is -2.04. The minimum atomic E-state index is 0.952. The van der Waals surface area contributed by atoms with Crippen LogP contribution in [0.2, 0.25) is 0 Å². The second-order valence-corrected chi connectivity index (χ2v) is 5.42. The van der Waals surface area contributed by atoms with E-state index in [0.717, 1.165) is 17.8 Å². The van der Waals surface area contributed by atoms with Gasteiger partial charge in [0.1, 0.15) is 0 Å². The van der Waals surface area contributed by atoms with Crippen LogP contribution >= 0.6 is 0 Å². The van der Waals surface area contributed by atoms with Gasteiger partial charge in [0, 0.05) is 0 Å². The van der Waals surface area contributed by atoms with E-state index < -0.39 is 0 Å². The van der Waals surface area contributed by atoms with Crippen molar-refractivity contribution in [2.45, 2.75) is 72.1 Å². The minimum absolute atomic E-state index is 0.952. The first kappa shape index (κ1) is 12.1. The number of hydrogen-bond acceptors (Lipinski definition) is 0. The Kier molecular flexibility index (Phi) is 5.59. The fourth-order valence-corrected chi connectivity index (χ4v) is 2.34. The van der Waals surface area contributed by atoms with Gasteiger partial charge in [0.25, 0.3) is 0 Å². The Bertz CT molecular complexity index is 135. The molecule has 0 aromatic heterocycles. The molecule has 0 heteroatoms. The van der Waals surface area contributed by atoms with Gasteiger partial charge in [0.2, 0.25) is 0 Å². The van der Waals surface area contributed by atoms with Crippen LogP contribution in [-0.2, 0) is 0 Å². The number of hydrogen-bond donors (Lipinski definition) is 0. The van der Waals surface area contributed by atoms with Gasteiger partial charge in [-0.15, -0.1) is 0 Å². The normalized spacial score (nSPS) is 20.8. The Morgan fingerprint density at radius 2 is 1.79 bits per heavy atom. The van der Waals surface area contributed by atoms with Crippen molar-refractivity contribution in [1.82, 2.24) is 0 Å². The molecule has 0 radical (unpaired) electrons. The van der Waals surface area contributed by atoms with E-state index in [-0.39, 0.29) is 0 Å². The Hall–Kier alpha value is 0. The molecule has 0 amide bonds. The molecule has 0 nitrogen and oxygen atoms in total. The third kappa shape index (κ3) is 5.02. The van der Waals surface area contributed by atoms with Gasteiger partial charge in [0.05, 0.1) is 0 Å². The third-order valence-corrected chi connectivity index (χ3v) is 3.83. The van der Waals surface area contributed by atoms with E-state index in [0.29, 0.717) is 0 Å². The van der Waals surface area contributed by atoms with Crippen LogP contribution in [0.25, 0.3) is 0 Å². The van der Waals surface area contributed by atoms with E-state index >= 15 is 0 Å². The van der Waals surface area contributed by atoms with Crippen LogP contribution in [0.4, 0.5) is 0 Å². The maximum absolute atomic E-state index is 2.40. The lowest BCUT2D eigenvalue weighted by atomic mass is 9.89. The lowest BCUT2D eigenvalue weighted by molar-refractivity contribution is 0.349. The molecule has 1 rings (SSSR count). The second-order valence-electron chi connectivity index (χ2n) is 5.42. The van der Waals surface area contributed by atoms with Gasteiger partial charge < -0.3 is 0 Å². The van der Waals surface area contributed by atoms with E-state index in [2.05, 4.69) is 20.8 Å². The molecule has 14 heavy (non-hydrogen) atoms. The summed E-state index contributed by atoms with van der Waals surface area (Å²) in [4.78, 5) is 0. The molecule has 2 unspecified atom stereocenters. The zero-order chi connectivity index (χ0) is 10.4. The van der Waals surface area contributed by atoms with E-state index in [9.17, 15) is 0 Å². The highest BCUT2D eigenvalue weighted by Crippen LogP contribution is 2.38. The van der Waals surface area contributed by atoms with E-state index in [1.165, 1.54) is 44.9 Å². The maximum Gasteiger partial charge on any atom is -0.0411 e. The Balaban J connectivity index is 2.12. The van der Waals surface area contributed by atoms with Gasteiger partial charge in [-0.25, -0.2) is 0 Å². The van der Waals surface area contributed by atoms with Crippen LogP contribution in [0, 0.1) is 17.8 Å². The van der Waals surface area contributed by atoms with Crippen LogP contribution in [0.5, 0.6) is 0 Å². The Labute approximate surface area is 90.5 Å². The van der Waals surface area contributed by atoms with Crippen LogP contribution < -0.4 is 0 Å². The standard InChI is InChI=1S/C14H28/c1-4-6-13(11-14-9-10-14)8-7-12(3)5-2/h12-14H,4-11H2,1-3H3. The molecular weight excluding hydrogens is 168 g/mol. The second kappa shape index (κ2) is 6.48. The molecule has 1 fully saturated rings. The van der Waals surface area contributed by atoms with Gasteiger partial charge in [-0.05, 0) is 24.2 Å². The SMILES string of the molecule is CCCC(CCC(C)CC)CC1CC1. The van der Waals surface area contributed by atoms with Crippen molar-refractivity contribution >= 4 is 0 Å². The highest BCUT2D eigenvalue weighted by molar-refractivity contribution is 4.77. The summed E-state index contributed by atoms with van der Waals surface area (Å²) < 4.78 is 0. The zero-order valence-corrected chi connectivity index (χ0v) is 10.4.